The molecule has 0 bridgehead atoms. The maximum absolute atomic E-state index is 4.62. The van der Waals surface area contributed by atoms with E-state index in [1.807, 2.05) is 6.20 Å². The first kappa shape index (κ1) is 13.7. The lowest BCUT2D eigenvalue weighted by atomic mass is 9.97. The molecule has 1 atom stereocenters. The fourth-order valence-corrected chi connectivity index (χ4v) is 3.90. The number of aryl methyl sites for hydroxylation is 2. The highest BCUT2D eigenvalue weighted by atomic mass is 15.2. The zero-order chi connectivity index (χ0) is 14.9. The number of anilines is 1. The SMILES string of the molecule is Cc1nccn1CC1CCCN(c2ncnc3c2CCC3)C1. The average Bonchev–Trinajstić information content (AvgIpc) is 3.17. The van der Waals surface area contributed by atoms with Gasteiger partial charge in [0.1, 0.15) is 18.0 Å². The zero-order valence-corrected chi connectivity index (χ0v) is 13.2. The van der Waals surface area contributed by atoms with Crippen LogP contribution in [0.5, 0.6) is 0 Å². The third-order valence-corrected chi connectivity index (χ3v) is 5.05. The number of fused-ring (bicyclic) bond motifs is 1. The van der Waals surface area contributed by atoms with Gasteiger partial charge in [-0.25, -0.2) is 15.0 Å². The molecule has 1 aliphatic heterocycles. The van der Waals surface area contributed by atoms with Crippen LogP contribution in [0.15, 0.2) is 18.7 Å². The van der Waals surface area contributed by atoms with Gasteiger partial charge in [0.25, 0.3) is 0 Å². The first-order valence-electron chi connectivity index (χ1n) is 8.36. The molecule has 1 saturated heterocycles. The molecule has 5 heteroatoms. The lowest BCUT2D eigenvalue weighted by Gasteiger charge is -2.34. The van der Waals surface area contributed by atoms with Gasteiger partial charge in [0.05, 0.1) is 0 Å². The van der Waals surface area contributed by atoms with E-state index in [1.54, 1.807) is 6.33 Å². The normalized spacial score (nSPS) is 21.1. The molecular weight excluding hydrogens is 274 g/mol. The van der Waals surface area contributed by atoms with E-state index in [1.165, 1.54) is 36.3 Å². The van der Waals surface area contributed by atoms with Crippen LogP contribution in [-0.2, 0) is 19.4 Å². The molecule has 1 unspecified atom stereocenters. The monoisotopic (exact) mass is 297 g/mol. The summed E-state index contributed by atoms with van der Waals surface area (Å²) in [6.07, 6.45) is 11.8. The molecule has 0 aromatic carbocycles. The van der Waals surface area contributed by atoms with E-state index in [0.29, 0.717) is 5.92 Å². The van der Waals surface area contributed by atoms with Crippen molar-refractivity contribution in [2.24, 2.45) is 5.92 Å². The molecule has 1 fully saturated rings. The van der Waals surface area contributed by atoms with Gasteiger partial charge in [-0.1, -0.05) is 0 Å². The van der Waals surface area contributed by atoms with Crippen LogP contribution in [0.3, 0.4) is 0 Å². The third kappa shape index (κ3) is 2.49. The number of aromatic nitrogens is 4. The average molecular weight is 297 g/mol. The molecule has 5 nitrogen and oxygen atoms in total. The number of hydrogen-bond acceptors (Lipinski definition) is 4. The van der Waals surface area contributed by atoms with Crippen LogP contribution in [-0.4, -0.2) is 32.6 Å². The first-order chi connectivity index (χ1) is 10.8. The summed E-state index contributed by atoms with van der Waals surface area (Å²) in [4.78, 5) is 15.9. The van der Waals surface area contributed by atoms with Crippen molar-refractivity contribution >= 4 is 5.82 Å². The van der Waals surface area contributed by atoms with E-state index in [0.717, 1.165) is 38.3 Å². The molecule has 0 radical (unpaired) electrons. The van der Waals surface area contributed by atoms with Crippen LogP contribution in [0.1, 0.15) is 36.3 Å². The van der Waals surface area contributed by atoms with E-state index < -0.39 is 0 Å². The van der Waals surface area contributed by atoms with Crippen molar-refractivity contribution in [3.05, 3.63) is 35.8 Å². The Bertz CT molecular complexity index is 663. The second kappa shape index (κ2) is 5.71. The molecule has 2 aliphatic rings. The molecule has 0 saturated carbocycles. The molecule has 3 heterocycles. The molecule has 0 spiro atoms. The molecule has 1 aliphatic carbocycles. The minimum absolute atomic E-state index is 0.675. The minimum atomic E-state index is 0.675. The van der Waals surface area contributed by atoms with Crippen molar-refractivity contribution < 1.29 is 0 Å². The number of hydrogen-bond donors (Lipinski definition) is 0. The van der Waals surface area contributed by atoms with Gasteiger partial charge in [0.2, 0.25) is 0 Å². The van der Waals surface area contributed by atoms with Gasteiger partial charge in [-0.15, -0.1) is 0 Å². The fourth-order valence-electron chi connectivity index (χ4n) is 3.90. The van der Waals surface area contributed by atoms with Gasteiger partial charge in [-0.05, 0) is 44.9 Å². The minimum Gasteiger partial charge on any atom is -0.356 e. The fraction of sp³-hybridized carbons (Fsp3) is 0.588. The summed E-state index contributed by atoms with van der Waals surface area (Å²) in [5, 5.41) is 0. The molecule has 4 rings (SSSR count). The molecular formula is C17H23N5. The van der Waals surface area contributed by atoms with Crippen molar-refractivity contribution in [3.63, 3.8) is 0 Å². The number of nitrogens with zero attached hydrogens (tertiary/aromatic N) is 5. The van der Waals surface area contributed by atoms with E-state index in [-0.39, 0.29) is 0 Å². The third-order valence-electron chi connectivity index (χ3n) is 5.05. The number of rotatable bonds is 3. The standard InChI is InChI=1S/C17H23N5/c1-13-18-7-9-21(13)10-14-4-3-8-22(11-14)17-15-5-2-6-16(15)19-12-20-17/h7,9,12,14H,2-6,8,10-11H2,1H3. The van der Waals surface area contributed by atoms with Gasteiger partial charge < -0.3 is 9.47 Å². The largest absolute Gasteiger partial charge is 0.356 e. The second-order valence-electron chi connectivity index (χ2n) is 6.56. The summed E-state index contributed by atoms with van der Waals surface area (Å²) in [5.74, 6) is 2.99. The Kier molecular flexibility index (Phi) is 3.56. The summed E-state index contributed by atoms with van der Waals surface area (Å²) >= 11 is 0. The summed E-state index contributed by atoms with van der Waals surface area (Å²) in [6, 6.07) is 0. The smallest absolute Gasteiger partial charge is 0.135 e. The summed E-state index contributed by atoms with van der Waals surface area (Å²) in [6.45, 7) is 5.37. The Morgan fingerprint density at radius 1 is 1.18 bits per heavy atom. The van der Waals surface area contributed by atoms with Gasteiger partial charge in [0, 0.05) is 43.3 Å². The van der Waals surface area contributed by atoms with Gasteiger partial charge in [0.15, 0.2) is 0 Å². The lowest BCUT2D eigenvalue weighted by Crippen LogP contribution is -2.38. The van der Waals surface area contributed by atoms with Crippen LogP contribution in [0, 0.1) is 12.8 Å². The zero-order valence-electron chi connectivity index (χ0n) is 13.2. The Hall–Kier alpha value is -1.91. The molecule has 0 N–H and O–H groups in total. The second-order valence-corrected chi connectivity index (χ2v) is 6.56. The summed E-state index contributed by atoms with van der Waals surface area (Å²) in [5.41, 5.74) is 2.68. The highest BCUT2D eigenvalue weighted by Gasteiger charge is 2.26. The maximum atomic E-state index is 4.62. The van der Waals surface area contributed by atoms with Crippen molar-refractivity contribution in [3.8, 4) is 0 Å². The van der Waals surface area contributed by atoms with E-state index in [2.05, 4.69) is 37.5 Å². The van der Waals surface area contributed by atoms with Gasteiger partial charge >= 0.3 is 0 Å². The van der Waals surface area contributed by atoms with Crippen LogP contribution in [0.4, 0.5) is 5.82 Å². The Morgan fingerprint density at radius 2 is 2.14 bits per heavy atom. The van der Waals surface area contributed by atoms with Crippen LogP contribution >= 0.6 is 0 Å². The number of imidazole rings is 1. The van der Waals surface area contributed by atoms with Gasteiger partial charge in [-0.2, -0.15) is 0 Å². The van der Waals surface area contributed by atoms with Crippen LogP contribution < -0.4 is 4.90 Å². The summed E-state index contributed by atoms with van der Waals surface area (Å²) in [7, 11) is 0. The Labute approximate surface area is 131 Å². The molecule has 116 valence electrons. The quantitative estimate of drug-likeness (QED) is 0.873. The van der Waals surface area contributed by atoms with Gasteiger partial charge in [-0.3, -0.25) is 0 Å². The Balaban J connectivity index is 1.52. The number of piperidine rings is 1. The highest BCUT2D eigenvalue weighted by molar-refractivity contribution is 5.50. The molecule has 2 aromatic rings. The topological polar surface area (TPSA) is 46.8 Å². The predicted octanol–water partition coefficient (Wildman–Crippen LogP) is 2.39. The van der Waals surface area contributed by atoms with Crippen molar-refractivity contribution in [1.82, 2.24) is 19.5 Å². The van der Waals surface area contributed by atoms with E-state index >= 15 is 0 Å². The molecule has 22 heavy (non-hydrogen) atoms. The van der Waals surface area contributed by atoms with Crippen molar-refractivity contribution in [1.29, 1.82) is 0 Å². The van der Waals surface area contributed by atoms with Crippen molar-refractivity contribution in [2.75, 3.05) is 18.0 Å². The highest BCUT2D eigenvalue weighted by Crippen LogP contribution is 2.31. The summed E-state index contributed by atoms with van der Waals surface area (Å²) < 4.78 is 2.28. The lowest BCUT2D eigenvalue weighted by molar-refractivity contribution is 0.362. The van der Waals surface area contributed by atoms with Crippen LogP contribution in [0.25, 0.3) is 0 Å². The van der Waals surface area contributed by atoms with E-state index in [4.69, 9.17) is 0 Å². The Morgan fingerprint density at radius 3 is 3.00 bits per heavy atom. The van der Waals surface area contributed by atoms with Crippen LogP contribution in [0.2, 0.25) is 0 Å². The maximum Gasteiger partial charge on any atom is 0.135 e. The molecule has 0 amide bonds. The van der Waals surface area contributed by atoms with Crippen molar-refractivity contribution in [2.45, 2.75) is 45.6 Å². The van der Waals surface area contributed by atoms with E-state index in [9.17, 15) is 0 Å². The predicted molar refractivity (Wildman–Crippen MR) is 86.0 cm³/mol. The first-order valence-corrected chi connectivity index (χ1v) is 8.36. The molecule has 2 aromatic heterocycles.